The molecule has 0 radical (unpaired) electrons. The van der Waals surface area contributed by atoms with Gasteiger partial charge in [0.15, 0.2) is 5.13 Å². The molecule has 0 saturated carbocycles. The molecular formula is C18H14N2O3S. The molecular weight excluding hydrogens is 324 g/mol. The first kappa shape index (κ1) is 14.8. The number of hydrogen-bond donors (Lipinski definition) is 1. The summed E-state index contributed by atoms with van der Waals surface area (Å²) < 4.78 is 6.25. The Bertz CT molecular complexity index is 902. The average molecular weight is 338 g/mol. The highest BCUT2D eigenvalue weighted by atomic mass is 32.1. The summed E-state index contributed by atoms with van der Waals surface area (Å²) in [5, 5.41) is 3.42. The Kier molecular flexibility index (Phi) is 3.74. The Morgan fingerprint density at radius 1 is 1.21 bits per heavy atom. The molecule has 4 rings (SSSR count). The number of thiazole rings is 1. The first-order chi connectivity index (χ1) is 11.7. The Morgan fingerprint density at radius 3 is 2.88 bits per heavy atom. The Morgan fingerprint density at radius 2 is 2.00 bits per heavy atom. The number of carbonyl (C=O) groups excluding carboxylic acids is 2. The van der Waals surface area contributed by atoms with Gasteiger partial charge in [-0.05, 0) is 23.8 Å². The maximum atomic E-state index is 12.4. The molecule has 0 aliphatic carbocycles. The topological polar surface area (TPSA) is 68.3 Å². The third-order valence-electron chi connectivity index (χ3n) is 3.97. The molecule has 0 fully saturated rings. The second-order valence-corrected chi connectivity index (χ2v) is 6.68. The quantitative estimate of drug-likeness (QED) is 0.584. The molecule has 6 heteroatoms. The van der Waals surface area contributed by atoms with Crippen LogP contribution < -0.4 is 10.1 Å². The van der Waals surface area contributed by atoms with Gasteiger partial charge >= 0.3 is 5.97 Å². The van der Waals surface area contributed by atoms with Crippen molar-refractivity contribution >= 4 is 38.6 Å². The minimum absolute atomic E-state index is 0.149. The molecule has 0 bridgehead atoms. The highest BCUT2D eigenvalue weighted by molar-refractivity contribution is 7.22. The number of amides is 1. The van der Waals surface area contributed by atoms with Gasteiger partial charge in [0.05, 0.1) is 16.6 Å². The van der Waals surface area contributed by atoms with Gasteiger partial charge in [0.2, 0.25) is 5.91 Å². The van der Waals surface area contributed by atoms with Crippen molar-refractivity contribution in [2.24, 2.45) is 0 Å². The van der Waals surface area contributed by atoms with Crippen LogP contribution in [0.2, 0.25) is 0 Å². The van der Waals surface area contributed by atoms with Crippen molar-refractivity contribution in [3.8, 4) is 5.75 Å². The number of esters is 1. The van der Waals surface area contributed by atoms with Gasteiger partial charge in [-0.1, -0.05) is 41.7 Å². The van der Waals surface area contributed by atoms with Gasteiger partial charge in [0.1, 0.15) is 5.75 Å². The van der Waals surface area contributed by atoms with E-state index in [0.29, 0.717) is 10.9 Å². The van der Waals surface area contributed by atoms with Crippen molar-refractivity contribution in [3.05, 3.63) is 54.1 Å². The van der Waals surface area contributed by atoms with Crippen molar-refractivity contribution in [2.75, 3.05) is 5.32 Å². The number of nitrogens with one attached hydrogen (secondary N) is 1. The average Bonchev–Trinajstić information content (AvgIpc) is 2.96. The van der Waals surface area contributed by atoms with Gasteiger partial charge in [-0.25, -0.2) is 4.98 Å². The number of rotatable bonds is 3. The zero-order chi connectivity index (χ0) is 16.5. The van der Waals surface area contributed by atoms with Crippen LogP contribution in [0.15, 0.2) is 48.5 Å². The van der Waals surface area contributed by atoms with E-state index in [0.717, 1.165) is 15.8 Å². The Balaban J connectivity index is 1.51. The highest BCUT2D eigenvalue weighted by Gasteiger charge is 2.28. The molecule has 1 aliphatic rings. The fourth-order valence-corrected chi connectivity index (χ4v) is 3.77. The number of para-hydroxylation sites is 2. The molecule has 2 heterocycles. The van der Waals surface area contributed by atoms with E-state index < -0.39 is 0 Å². The third kappa shape index (κ3) is 2.88. The van der Waals surface area contributed by atoms with Crippen molar-refractivity contribution in [1.29, 1.82) is 0 Å². The van der Waals surface area contributed by atoms with E-state index in [1.54, 1.807) is 6.07 Å². The van der Waals surface area contributed by atoms with E-state index >= 15 is 0 Å². The maximum Gasteiger partial charge on any atom is 0.311 e. The summed E-state index contributed by atoms with van der Waals surface area (Å²) in [4.78, 5) is 28.5. The van der Waals surface area contributed by atoms with Crippen LogP contribution in [0.25, 0.3) is 10.2 Å². The lowest BCUT2D eigenvalue weighted by Gasteiger charge is -2.23. The zero-order valence-electron chi connectivity index (χ0n) is 12.7. The molecule has 3 aromatic rings. The SMILES string of the molecule is O=C(CC1CC(=O)Oc2ccccc21)Nc1nc2ccccc2s1. The lowest BCUT2D eigenvalue weighted by Crippen LogP contribution is -2.24. The molecule has 1 N–H and O–H groups in total. The van der Waals surface area contributed by atoms with Gasteiger partial charge in [-0.3, -0.25) is 9.59 Å². The van der Waals surface area contributed by atoms with Crippen LogP contribution in [0.3, 0.4) is 0 Å². The van der Waals surface area contributed by atoms with Gasteiger partial charge in [0, 0.05) is 12.3 Å². The number of anilines is 1. The monoisotopic (exact) mass is 338 g/mol. The molecule has 1 aromatic heterocycles. The number of ether oxygens (including phenoxy) is 1. The predicted molar refractivity (Wildman–Crippen MR) is 92.3 cm³/mol. The third-order valence-corrected chi connectivity index (χ3v) is 4.92. The van der Waals surface area contributed by atoms with Crippen LogP contribution in [0.1, 0.15) is 24.3 Å². The number of benzene rings is 2. The summed E-state index contributed by atoms with van der Waals surface area (Å²) in [6.45, 7) is 0. The Hall–Kier alpha value is -2.73. The molecule has 24 heavy (non-hydrogen) atoms. The number of aromatic nitrogens is 1. The molecule has 0 spiro atoms. The lowest BCUT2D eigenvalue weighted by atomic mass is 9.90. The molecule has 5 nitrogen and oxygen atoms in total. The molecule has 1 amide bonds. The molecule has 1 atom stereocenters. The van der Waals surface area contributed by atoms with Crippen LogP contribution in [-0.2, 0) is 9.59 Å². The predicted octanol–water partition coefficient (Wildman–Crippen LogP) is 3.72. The zero-order valence-corrected chi connectivity index (χ0v) is 13.5. The van der Waals surface area contributed by atoms with Gasteiger partial charge in [-0.2, -0.15) is 0 Å². The standard InChI is InChI=1S/C18H14N2O3S/c21-16(20-18-19-13-6-2-4-8-15(13)24-18)9-11-10-17(22)23-14-7-3-1-5-12(11)14/h1-8,11H,9-10H2,(H,19,20,21). The van der Waals surface area contributed by atoms with Gasteiger partial charge in [0.25, 0.3) is 0 Å². The van der Waals surface area contributed by atoms with E-state index in [1.165, 1.54) is 11.3 Å². The van der Waals surface area contributed by atoms with Crippen LogP contribution >= 0.6 is 11.3 Å². The highest BCUT2D eigenvalue weighted by Crippen LogP contribution is 2.36. The Labute approximate surface area is 142 Å². The van der Waals surface area contributed by atoms with E-state index in [2.05, 4.69) is 10.3 Å². The largest absolute Gasteiger partial charge is 0.426 e. The summed E-state index contributed by atoms with van der Waals surface area (Å²) in [6, 6.07) is 15.1. The molecule has 2 aromatic carbocycles. The fraction of sp³-hybridized carbons (Fsp3) is 0.167. The second-order valence-electron chi connectivity index (χ2n) is 5.65. The molecule has 1 unspecified atom stereocenters. The number of nitrogens with zero attached hydrogens (tertiary/aromatic N) is 1. The van der Waals surface area contributed by atoms with Crippen LogP contribution in [0.4, 0.5) is 5.13 Å². The molecule has 1 aliphatic heterocycles. The maximum absolute atomic E-state index is 12.4. The van der Waals surface area contributed by atoms with E-state index in [9.17, 15) is 9.59 Å². The van der Waals surface area contributed by atoms with Crippen molar-refractivity contribution in [1.82, 2.24) is 4.98 Å². The summed E-state index contributed by atoms with van der Waals surface area (Å²) in [6.07, 6.45) is 0.437. The minimum Gasteiger partial charge on any atom is -0.426 e. The van der Waals surface area contributed by atoms with E-state index in [-0.39, 0.29) is 30.6 Å². The summed E-state index contributed by atoms with van der Waals surface area (Å²) in [5.74, 6) is -0.0709. The first-order valence-electron chi connectivity index (χ1n) is 7.64. The summed E-state index contributed by atoms with van der Waals surface area (Å²) in [5.41, 5.74) is 1.76. The van der Waals surface area contributed by atoms with Crippen LogP contribution in [0.5, 0.6) is 5.75 Å². The first-order valence-corrected chi connectivity index (χ1v) is 8.46. The molecule has 0 saturated heterocycles. The van der Waals surface area contributed by atoms with Gasteiger partial charge < -0.3 is 10.1 Å². The van der Waals surface area contributed by atoms with E-state index in [4.69, 9.17) is 4.74 Å². The van der Waals surface area contributed by atoms with E-state index in [1.807, 2.05) is 42.5 Å². The lowest BCUT2D eigenvalue weighted by molar-refractivity contribution is -0.136. The second kappa shape index (κ2) is 6.05. The number of fused-ring (bicyclic) bond motifs is 2. The van der Waals surface area contributed by atoms with Crippen LogP contribution in [0, 0.1) is 0 Å². The normalized spacial score (nSPS) is 16.5. The van der Waals surface area contributed by atoms with Crippen molar-refractivity contribution in [2.45, 2.75) is 18.8 Å². The number of hydrogen-bond acceptors (Lipinski definition) is 5. The van der Waals surface area contributed by atoms with Crippen LogP contribution in [-0.4, -0.2) is 16.9 Å². The number of carbonyl (C=O) groups is 2. The van der Waals surface area contributed by atoms with Gasteiger partial charge in [-0.15, -0.1) is 0 Å². The summed E-state index contributed by atoms with van der Waals surface area (Å²) >= 11 is 1.44. The summed E-state index contributed by atoms with van der Waals surface area (Å²) in [7, 11) is 0. The van der Waals surface area contributed by atoms with Crippen molar-refractivity contribution in [3.63, 3.8) is 0 Å². The fourth-order valence-electron chi connectivity index (χ4n) is 2.89. The smallest absolute Gasteiger partial charge is 0.311 e. The van der Waals surface area contributed by atoms with Crippen molar-refractivity contribution < 1.29 is 14.3 Å². The molecule has 120 valence electrons. The minimum atomic E-state index is -0.300.